The number of nitrogens with one attached hydrogen (secondary N) is 6. The highest BCUT2D eigenvalue weighted by atomic mass is 16.4. The summed E-state index contributed by atoms with van der Waals surface area (Å²) in [6.45, 7) is 1.65. The zero-order valence-electron chi connectivity index (χ0n) is 27.3. The van der Waals surface area contributed by atoms with Gasteiger partial charge in [-0.05, 0) is 31.0 Å². The number of aliphatic hydroxyl groups is 1. The average Bonchev–Trinajstić information content (AvgIpc) is 3.48. The largest absolute Gasteiger partial charge is 0.481 e. The SMILES string of the molecule is C[C@H](NC(=O)[C@H](C)NC(=O)[C@H](Cc1c[nH]c2ccccc12)NC(=O)[C@H](CO)NC(=O)[C@H](Cc1ccccc1)NC(=O)[C@@H](N)CC(=O)O)C(=O)O. The minimum absolute atomic E-state index is 0.0794. The molecule has 1 heterocycles. The molecule has 0 bridgehead atoms. The highest BCUT2D eigenvalue weighted by molar-refractivity contribution is 5.97. The van der Waals surface area contributed by atoms with Crippen LogP contribution in [0.3, 0.4) is 0 Å². The van der Waals surface area contributed by atoms with E-state index in [0.29, 0.717) is 11.1 Å². The van der Waals surface area contributed by atoms with Gasteiger partial charge in [0.25, 0.3) is 0 Å². The van der Waals surface area contributed by atoms with Gasteiger partial charge >= 0.3 is 11.9 Å². The van der Waals surface area contributed by atoms with E-state index in [2.05, 4.69) is 31.6 Å². The summed E-state index contributed by atoms with van der Waals surface area (Å²) >= 11 is 0. The molecule has 0 radical (unpaired) electrons. The van der Waals surface area contributed by atoms with E-state index >= 15 is 0 Å². The monoisotopic (exact) mass is 695 g/mol. The molecule has 0 aliphatic rings. The first-order chi connectivity index (χ1) is 23.7. The third-order valence-electron chi connectivity index (χ3n) is 7.68. The lowest BCUT2D eigenvalue weighted by Crippen LogP contribution is -2.60. The number of rotatable bonds is 18. The topological polar surface area (TPSA) is 282 Å². The summed E-state index contributed by atoms with van der Waals surface area (Å²) in [5, 5.41) is 41.0. The van der Waals surface area contributed by atoms with Gasteiger partial charge in [-0.3, -0.25) is 33.6 Å². The molecule has 2 aromatic carbocycles. The Bertz CT molecular complexity index is 1700. The van der Waals surface area contributed by atoms with Gasteiger partial charge in [0.2, 0.25) is 29.5 Å². The van der Waals surface area contributed by atoms with E-state index < -0.39 is 90.8 Å². The maximum atomic E-state index is 13.5. The summed E-state index contributed by atoms with van der Waals surface area (Å²) < 4.78 is 0. The number of carboxylic acid groups (broad SMARTS) is 2. The molecule has 0 saturated carbocycles. The molecule has 6 atom stereocenters. The van der Waals surface area contributed by atoms with Crippen molar-refractivity contribution >= 4 is 52.4 Å². The van der Waals surface area contributed by atoms with E-state index in [9.17, 15) is 38.7 Å². The molecule has 268 valence electrons. The van der Waals surface area contributed by atoms with E-state index in [1.54, 1.807) is 60.8 Å². The maximum absolute atomic E-state index is 13.5. The predicted molar refractivity (Wildman–Crippen MR) is 178 cm³/mol. The molecule has 17 heteroatoms. The number of carboxylic acids is 2. The molecule has 3 aromatic rings. The minimum atomic E-state index is -1.62. The Morgan fingerprint density at radius 2 is 1.22 bits per heavy atom. The molecule has 11 N–H and O–H groups in total. The first-order valence-corrected chi connectivity index (χ1v) is 15.6. The Morgan fingerprint density at radius 1 is 0.680 bits per heavy atom. The van der Waals surface area contributed by atoms with Crippen molar-refractivity contribution in [1.29, 1.82) is 0 Å². The Hall–Kier alpha value is -5.81. The van der Waals surface area contributed by atoms with Gasteiger partial charge in [0, 0.05) is 29.9 Å². The number of benzene rings is 2. The number of hydrogen-bond donors (Lipinski definition) is 10. The number of amides is 5. The number of H-pyrrole nitrogens is 1. The molecular weight excluding hydrogens is 654 g/mol. The van der Waals surface area contributed by atoms with E-state index in [0.717, 1.165) is 10.9 Å². The molecule has 1 aromatic heterocycles. The Morgan fingerprint density at radius 3 is 1.86 bits per heavy atom. The van der Waals surface area contributed by atoms with Crippen LogP contribution in [0, 0.1) is 0 Å². The van der Waals surface area contributed by atoms with Gasteiger partial charge in [-0.15, -0.1) is 0 Å². The van der Waals surface area contributed by atoms with Crippen LogP contribution in [0.15, 0.2) is 60.8 Å². The van der Waals surface area contributed by atoms with Crippen molar-refractivity contribution in [2.75, 3.05) is 6.61 Å². The number of carbonyl (C=O) groups excluding carboxylic acids is 5. The number of aromatic amines is 1. The number of carbonyl (C=O) groups is 7. The van der Waals surface area contributed by atoms with Crippen molar-refractivity contribution in [2.45, 2.75) is 69.4 Å². The summed E-state index contributed by atoms with van der Waals surface area (Å²) in [4.78, 5) is 90.9. The van der Waals surface area contributed by atoms with Crippen LogP contribution in [0.4, 0.5) is 0 Å². The molecule has 0 aliphatic heterocycles. The van der Waals surface area contributed by atoms with Gasteiger partial charge in [-0.25, -0.2) is 0 Å². The molecule has 0 spiro atoms. The van der Waals surface area contributed by atoms with Crippen LogP contribution in [0.5, 0.6) is 0 Å². The lowest BCUT2D eigenvalue weighted by atomic mass is 10.0. The van der Waals surface area contributed by atoms with Crippen molar-refractivity contribution in [3.63, 3.8) is 0 Å². The molecule has 0 aliphatic carbocycles. The molecule has 50 heavy (non-hydrogen) atoms. The summed E-state index contributed by atoms with van der Waals surface area (Å²) in [7, 11) is 0. The standard InChI is InChI=1S/C33H41N7O10/c1-17(28(44)37-18(2)33(49)50)36-30(46)25(13-20-15-35-23-11-7-6-10-21(20)23)39-32(48)26(16-41)40-31(47)24(12-19-8-4-3-5-9-19)38-29(45)22(34)14-27(42)43/h3-11,15,17-18,22,24-26,35,41H,12-14,16,34H2,1-2H3,(H,36,46)(H,37,44)(H,38,45)(H,39,48)(H,40,47)(H,42,43)(H,49,50)/t17-,18-,22-,24-,25-,26-/m0/s1. The zero-order valence-corrected chi connectivity index (χ0v) is 27.3. The van der Waals surface area contributed by atoms with E-state index in [1.165, 1.54) is 13.8 Å². The number of aliphatic carboxylic acids is 2. The second-order valence-corrected chi connectivity index (χ2v) is 11.6. The first kappa shape index (κ1) is 38.6. The fraction of sp³-hybridized carbons (Fsp3) is 0.364. The molecule has 0 fully saturated rings. The number of nitrogens with two attached hydrogens (primary N) is 1. The summed E-state index contributed by atoms with van der Waals surface area (Å²) in [5.74, 6) is -7.05. The predicted octanol–water partition coefficient (Wildman–Crippen LogP) is -1.70. The van der Waals surface area contributed by atoms with Crippen LogP contribution in [-0.2, 0) is 46.4 Å². The summed E-state index contributed by atoms with van der Waals surface area (Å²) in [5.41, 5.74) is 7.65. The lowest BCUT2D eigenvalue weighted by Gasteiger charge is -2.26. The van der Waals surface area contributed by atoms with E-state index in [1.807, 2.05) is 0 Å². The molecular formula is C33H41N7O10. The van der Waals surface area contributed by atoms with Gasteiger partial charge in [0.1, 0.15) is 30.2 Å². The van der Waals surface area contributed by atoms with Crippen LogP contribution in [0.1, 0.15) is 31.4 Å². The van der Waals surface area contributed by atoms with Gasteiger partial charge < -0.3 is 52.6 Å². The summed E-state index contributed by atoms with van der Waals surface area (Å²) in [6, 6.07) is 7.42. The second-order valence-electron chi connectivity index (χ2n) is 11.6. The molecule has 3 rings (SSSR count). The van der Waals surface area contributed by atoms with Crippen molar-refractivity contribution in [2.24, 2.45) is 5.73 Å². The minimum Gasteiger partial charge on any atom is -0.481 e. The van der Waals surface area contributed by atoms with Crippen molar-refractivity contribution in [3.05, 3.63) is 71.9 Å². The van der Waals surface area contributed by atoms with Gasteiger partial charge in [-0.2, -0.15) is 0 Å². The van der Waals surface area contributed by atoms with Crippen LogP contribution in [-0.4, -0.2) is 105 Å². The van der Waals surface area contributed by atoms with Gasteiger partial charge in [0.05, 0.1) is 19.1 Å². The first-order valence-electron chi connectivity index (χ1n) is 15.6. The van der Waals surface area contributed by atoms with Crippen molar-refractivity contribution in [1.82, 2.24) is 31.6 Å². The molecule has 0 unspecified atom stereocenters. The maximum Gasteiger partial charge on any atom is 0.325 e. The smallest absolute Gasteiger partial charge is 0.325 e. The Balaban J connectivity index is 1.81. The lowest BCUT2D eigenvalue weighted by molar-refractivity contribution is -0.141. The van der Waals surface area contributed by atoms with Crippen LogP contribution in [0.2, 0.25) is 0 Å². The highest BCUT2D eigenvalue weighted by Gasteiger charge is 2.32. The van der Waals surface area contributed by atoms with Crippen molar-refractivity contribution < 1.29 is 48.9 Å². The van der Waals surface area contributed by atoms with Gasteiger partial charge in [0.15, 0.2) is 0 Å². The third kappa shape index (κ3) is 11.1. The van der Waals surface area contributed by atoms with Crippen LogP contribution in [0.25, 0.3) is 10.9 Å². The van der Waals surface area contributed by atoms with Crippen LogP contribution >= 0.6 is 0 Å². The zero-order chi connectivity index (χ0) is 37.0. The fourth-order valence-corrected chi connectivity index (χ4v) is 4.87. The highest BCUT2D eigenvalue weighted by Crippen LogP contribution is 2.19. The number of aliphatic hydroxyl groups excluding tert-OH is 1. The third-order valence-corrected chi connectivity index (χ3v) is 7.68. The quantitative estimate of drug-likeness (QED) is 0.0716. The average molecular weight is 696 g/mol. The Labute approximate surface area is 286 Å². The second kappa shape index (κ2) is 18.1. The number of fused-ring (bicyclic) bond motifs is 1. The van der Waals surface area contributed by atoms with Crippen LogP contribution < -0.4 is 32.3 Å². The molecule has 5 amide bonds. The molecule has 17 nitrogen and oxygen atoms in total. The van der Waals surface area contributed by atoms with Gasteiger partial charge in [-0.1, -0.05) is 48.5 Å². The number of hydrogen-bond acceptors (Lipinski definition) is 9. The number of aromatic nitrogens is 1. The molecule has 0 saturated heterocycles. The van der Waals surface area contributed by atoms with E-state index in [4.69, 9.17) is 15.9 Å². The summed E-state index contributed by atoms with van der Waals surface area (Å²) in [6.07, 6.45) is 0.761. The number of para-hydroxylation sites is 1. The fourth-order valence-electron chi connectivity index (χ4n) is 4.87. The van der Waals surface area contributed by atoms with Crippen molar-refractivity contribution in [3.8, 4) is 0 Å². The normalized spacial score (nSPS) is 14.6. The Kier molecular flexibility index (Phi) is 14.0. The van der Waals surface area contributed by atoms with E-state index in [-0.39, 0.29) is 12.8 Å².